The third-order valence-electron chi connectivity index (χ3n) is 7.89. The zero-order valence-corrected chi connectivity index (χ0v) is 20.9. The molecule has 3 aliphatic rings. The summed E-state index contributed by atoms with van der Waals surface area (Å²) in [7, 11) is 3.31. The average Bonchev–Trinajstić information content (AvgIpc) is 2.83. The SMILES string of the molecule is CNC1C(O)C(NC)C2OC3(O)C(OC(C)CC3(O)CNCCC(C)c3ccccc3)OC2C1O. The lowest BCUT2D eigenvalue weighted by Gasteiger charge is -2.60. The molecule has 35 heavy (non-hydrogen) atoms. The summed E-state index contributed by atoms with van der Waals surface area (Å²) in [4.78, 5) is 0. The highest BCUT2D eigenvalue weighted by molar-refractivity contribution is 5.18. The number of nitrogens with one attached hydrogen (secondary N) is 3. The summed E-state index contributed by atoms with van der Waals surface area (Å²) in [6, 6.07) is 8.89. The molecule has 2 saturated heterocycles. The topological polar surface area (TPSA) is 145 Å². The third-order valence-corrected chi connectivity index (χ3v) is 7.89. The number of hydrogen-bond donors (Lipinski definition) is 7. The molecule has 1 saturated carbocycles. The largest absolute Gasteiger partial charge is 0.390 e. The van der Waals surface area contributed by atoms with Crippen LogP contribution in [0.15, 0.2) is 30.3 Å². The number of aliphatic hydroxyl groups excluding tert-OH is 2. The molecular weight excluding hydrogens is 454 g/mol. The lowest BCUT2D eigenvalue weighted by Crippen LogP contribution is -2.81. The van der Waals surface area contributed by atoms with Crippen molar-refractivity contribution in [2.24, 2.45) is 0 Å². The maximum atomic E-state index is 11.7. The van der Waals surface area contributed by atoms with Crippen LogP contribution in [0.3, 0.4) is 0 Å². The summed E-state index contributed by atoms with van der Waals surface area (Å²) >= 11 is 0. The predicted molar refractivity (Wildman–Crippen MR) is 129 cm³/mol. The van der Waals surface area contributed by atoms with Gasteiger partial charge in [0.2, 0.25) is 12.1 Å². The number of benzene rings is 1. The van der Waals surface area contributed by atoms with Gasteiger partial charge in [0.25, 0.3) is 0 Å². The third kappa shape index (κ3) is 4.89. The number of aliphatic hydroxyl groups is 4. The molecule has 10 heteroatoms. The van der Waals surface area contributed by atoms with Crippen LogP contribution in [0.5, 0.6) is 0 Å². The molecule has 0 bridgehead atoms. The summed E-state index contributed by atoms with van der Waals surface area (Å²) in [5.41, 5.74) is -0.474. The molecule has 0 amide bonds. The molecule has 2 heterocycles. The van der Waals surface area contributed by atoms with Crippen LogP contribution in [0, 0.1) is 0 Å². The Labute approximate surface area is 207 Å². The minimum Gasteiger partial charge on any atom is -0.390 e. The van der Waals surface area contributed by atoms with Crippen molar-refractivity contribution in [3.63, 3.8) is 0 Å². The zero-order valence-electron chi connectivity index (χ0n) is 20.9. The van der Waals surface area contributed by atoms with E-state index < -0.39 is 60.3 Å². The van der Waals surface area contributed by atoms with Crippen molar-refractivity contribution < 1.29 is 34.6 Å². The van der Waals surface area contributed by atoms with E-state index in [1.54, 1.807) is 21.0 Å². The molecule has 1 aromatic rings. The summed E-state index contributed by atoms with van der Waals surface area (Å²) in [6.07, 6.45) is -4.67. The second kappa shape index (κ2) is 10.7. The van der Waals surface area contributed by atoms with Crippen molar-refractivity contribution in [1.29, 1.82) is 0 Å². The molecule has 10 nitrogen and oxygen atoms in total. The fraction of sp³-hybridized carbons (Fsp3) is 0.760. The van der Waals surface area contributed by atoms with Gasteiger partial charge >= 0.3 is 0 Å². The van der Waals surface area contributed by atoms with Gasteiger partial charge in [0.05, 0.1) is 24.3 Å². The first-order valence-electron chi connectivity index (χ1n) is 12.5. The van der Waals surface area contributed by atoms with Gasteiger partial charge in [-0.2, -0.15) is 0 Å². The van der Waals surface area contributed by atoms with Crippen molar-refractivity contribution in [2.75, 3.05) is 27.2 Å². The maximum absolute atomic E-state index is 11.7. The Balaban J connectivity index is 1.48. The molecule has 0 aromatic heterocycles. The van der Waals surface area contributed by atoms with Gasteiger partial charge in [-0.15, -0.1) is 0 Å². The van der Waals surface area contributed by atoms with Crippen LogP contribution in [0.4, 0.5) is 0 Å². The first-order chi connectivity index (χ1) is 16.6. The molecule has 198 valence electrons. The number of hydrogen-bond acceptors (Lipinski definition) is 10. The summed E-state index contributed by atoms with van der Waals surface area (Å²) in [5, 5.41) is 54.3. The van der Waals surface area contributed by atoms with Crippen molar-refractivity contribution in [3.8, 4) is 0 Å². The Bertz CT molecular complexity index is 835. The van der Waals surface area contributed by atoms with E-state index in [9.17, 15) is 20.4 Å². The van der Waals surface area contributed by atoms with Gasteiger partial charge in [-0.3, -0.25) is 0 Å². The smallest absolute Gasteiger partial charge is 0.249 e. The molecule has 1 aromatic carbocycles. The minimum atomic E-state index is -2.19. The van der Waals surface area contributed by atoms with Gasteiger partial charge in [0.15, 0.2) is 0 Å². The van der Waals surface area contributed by atoms with E-state index in [0.29, 0.717) is 12.5 Å². The summed E-state index contributed by atoms with van der Waals surface area (Å²) in [6.45, 7) is 4.64. The molecular formula is C25H41N3O7. The van der Waals surface area contributed by atoms with Gasteiger partial charge in [-0.25, -0.2) is 0 Å². The Morgan fingerprint density at radius 3 is 2.34 bits per heavy atom. The lowest BCUT2D eigenvalue weighted by molar-refractivity contribution is -0.482. The van der Waals surface area contributed by atoms with Crippen LogP contribution in [-0.4, -0.2) is 108 Å². The van der Waals surface area contributed by atoms with E-state index in [4.69, 9.17) is 14.2 Å². The molecule has 2 aliphatic heterocycles. The van der Waals surface area contributed by atoms with Gasteiger partial charge in [-0.1, -0.05) is 37.3 Å². The Hall–Kier alpha value is -1.18. The minimum absolute atomic E-state index is 0.0599. The zero-order chi connectivity index (χ0) is 25.4. The molecule has 11 unspecified atom stereocenters. The maximum Gasteiger partial charge on any atom is 0.249 e. The number of likely N-dealkylation sites (N-methyl/N-ethyl adjacent to an activating group) is 2. The van der Waals surface area contributed by atoms with Gasteiger partial charge in [0, 0.05) is 13.0 Å². The van der Waals surface area contributed by atoms with E-state index in [-0.39, 0.29) is 13.0 Å². The van der Waals surface area contributed by atoms with E-state index in [1.165, 1.54) is 5.56 Å². The summed E-state index contributed by atoms with van der Waals surface area (Å²) < 4.78 is 18.1. The van der Waals surface area contributed by atoms with Crippen molar-refractivity contribution in [1.82, 2.24) is 16.0 Å². The van der Waals surface area contributed by atoms with Gasteiger partial charge in [0.1, 0.15) is 23.9 Å². The molecule has 1 aliphatic carbocycles. The normalized spacial score (nSPS) is 44.3. The highest BCUT2D eigenvalue weighted by atomic mass is 16.8. The monoisotopic (exact) mass is 495 g/mol. The number of ether oxygens (including phenoxy) is 3. The second-order valence-electron chi connectivity index (χ2n) is 10.3. The molecule has 3 fully saturated rings. The highest BCUT2D eigenvalue weighted by Crippen LogP contribution is 2.46. The van der Waals surface area contributed by atoms with Crippen molar-refractivity contribution in [3.05, 3.63) is 35.9 Å². The van der Waals surface area contributed by atoms with Crippen LogP contribution in [0.25, 0.3) is 0 Å². The van der Waals surface area contributed by atoms with Crippen LogP contribution >= 0.6 is 0 Å². The first kappa shape index (κ1) is 26.9. The van der Waals surface area contributed by atoms with E-state index in [0.717, 1.165) is 6.42 Å². The van der Waals surface area contributed by atoms with Crippen LogP contribution in [0.2, 0.25) is 0 Å². The van der Waals surface area contributed by atoms with Crippen molar-refractivity contribution in [2.45, 2.75) is 92.9 Å². The Morgan fingerprint density at radius 1 is 1.00 bits per heavy atom. The fourth-order valence-electron chi connectivity index (χ4n) is 5.79. The Kier molecular flexibility index (Phi) is 8.19. The quantitative estimate of drug-likeness (QED) is 0.225. The molecule has 0 radical (unpaired) electrons. The van der Waals surface area contributed by atoms with Crippen LogP contribution in [0.1, 0.15) is 38.2 Å². The van der Waals surface area contributed by atoms with E-state index in [1.807, 2.05) is 18.2 Å². The highest BCUT2D eigenvalue weighted by Gasteiger charge is 2.68. The van der Waals surface area contributed by atoms with E-state index >= 15 is 0 Å². The molecule has 11 atom stereocenters. The van der Waals surface area contributed by atoms with Crippen LogP contribution < -0.4 is 16.0 Å². The number of fused-ring (bicyclic) bond motifs is 2. The lowest BCUT2D eigenvalue weighted by atomic mass is 9.77. The van der Waals surface area contributed by atoms with Gasteiger partial charge in [-0.05, 0) is 45.5 Å². The average molecular weight is 496 g/mol. The molecule has 0 spiro atoms. The molecule has 4 rings (SSSR count). The van der Waals surface area contributed by atoms with E-state index in [2.05, 4.69) is 35.0 Å². The predicted octanol–water partition coefficient (Wildman–Crippen LogP) is -0.980. The van der Waals surface area contributed by atoms with Gasteiger partial charge < -0.3 is 50.6 Å². The first-order valence-corrected chi connectivity index (χ1v) is 12.5. The van der Waals surface area contributed by atoms with Crippen LogP contribution in [-0.2, 0) is 14.2 Å². The fourth-order valence-corrected chi connectivity index (χ4v) is 5.79. The Morgan fingerprint density at radius 2 is 1.69 bits per heavy atom. The van der Waals surface area contributed by atoms with Crippen molar-refractivity contribution >= 4 is 0 Å². The second-order valence-corrected chi connectivity index (χ2v) is 10.3. The number of rotatable bonds is 8. The summed E-state index contributed by atoms with van der Waals surface area (Å²) in [5.74, 6) is -1.86. The molecule has 7 N–H and O–H groups in total. The standard InChI is InChI=1S/C25H41N3O7/c1-14(16-8-6-5-7-9-16)10-11-28-13-24(31)12-15(2)33-23-25(24,32)35-21-18(27-4)19(29)17(26-3)20(30)22(21)34-23/h5-9,14-15,17-23,26-32H,10-13H2,1-4H3.